The van der Waals surface area contributed by atoms with Crippen molar-refractivity contribution in [3.05, 3.63) is 35.9 Å². The minimum Gasteiger partial charge on any atom is -0.760 e. The molecule has 1 rings (SSSR count). The van der Waals surface area contributed by atoms with E-state index in [-0.39, 0.29) is 0 Å². The van der Waals surface area contributed by atoms with Gasteiger partial charge in [-0.25, -0.2) is 0 Å². The fourth-order valence-corrected chi connectivity index (χ4v) is 0.838. The molecule has 74 valence electrons. The maximum atomic E-state index is 8.78. The number of benzene rings is 1. The Balaban J connectivity index is 0.000000310. The lowest BCUT2D eigenvalue weighted by molar-refractivity contribution is 0.539. The van der Waals surface area contributed by atoms with Crippen LogP contribution in [0, 0.1) is 0 Å². The van der Waals surface area contributed by atoms with Crippen molar-refractivity contribution < 1.29 is 8.76 Å². The molecule has 0 aliphatic rings. The third kappa shape index (κ3) is 7.64. The average Bonchev–Trinajstić information content (AvgIpc) is 2.05. The predicted octanol–water partition coefficient (Wildman–Crippen LogP) is 1.55. The monoisotopic (exact) mass is 200 g/mol. The number of rotatable bonds is 1. The van der Waals surface area contributed by atoms with E-state index in [1.807, 2.05) is 6.07 Å². The first kappa shape index (κ1) is 12.3. The summed E-state index contributed by atoms with van der Waals surface area (Å²) in [6.45, 7) is 4.41. The van der Waals surface area contributed by atoms with Crippen LogP contribution in [-0.2, 0) is 11.3 Å². The average molecular weight is 200 g/mol. The third-order valence-corrected chi connectivity index (χ3v) is 1.47. The first-order valence-electron chi connectivity index (χ1n) is 3.92. The first-order chi connectivity index (χ1) is 6.04. The molecule has 1 aromatic rings. The Bertz CT molecular complexity index is 245. The Labute approximate surface area is 81.4 Å². The molecule has 0 amide bonds. The van der Waals surface area contributed by atoms with Gasteiger partial charge in [0.05, 0.1) is 0 Å². The van der Waals surface area contributed by atoms with E-state index < -0.39 is 11.3 Å². The van der Waals surface area contributed by atoms with E-state index in [0.717, 1.165) is 0 Å². The summed E-state index contributed by atoms with van der Waals surface area (Å²) in [5.74, 6) is 0.659. The molecule has 13 heavy (non-hydrogen) atoms. The fraction of sp³-hybridized carbons (Fsp3) is 0.333. The van der Waals surface area contributed by atoms with Crippen molar-refractivity contribution in [3.63, 3.8) is 0 Å². The summed E-state index contributed by atoms with van der Waals surface area (Å²) in [5.41, 5.74) is 1.41. The zero-order valence-corrected chi connectivity index (χ0v) is 8.58. The standard InChI is InChI=1S/C9H12.H3NO2S/c1-8(2)9-6-4-3-5-7-9;1-4(2)3/h3-8H,1-2H3;1H2,(H,2,3)/p-1. The van der Waals surface area contributed by atoms with E-state index in [1.54, 1.807) is 0 Å². The molecule has 0 aromatic heterocycles. The molecule has 0 spiro atoms. The summed E-state index contributed by atoms with van der Waals surface area (Å²) in [5, 5.41) is 4.03. The van der Waals surface area contributed by atoms with Gasteiger partial charge in [-0.1, -0.05) is 44.2 Å². The predicted molar refractivity (Wildman–Crippen MR) is 53.6 cm³/mol. The lowest BCUT2D eigenvalue weighted by Gasteiger charge is -2.01. The summed E-state index contributed by atoms with van der Waals surface area (Å²) in [6, 6.07) is 10.5. The van der Waals surface area contributed by atoms with Crippen LogP contribution in [0.4, 0.5) is 0 Å². The molecule has 3 nitrogen and oxygen atoms in total. The van der Waals surface area contributed by atoms with Gasteiger partial charge in [0.25, 0.3) is 0 Å². The SMILES string of the molecule is CC(C)c1ccccc1.NS(=O)[O-]. The Morgan fingerprint density at radius 2 is 1.69 bits per heavy atom. The minimum atomic E-state index is -2.36. The lowest BCUT2D eigenvalue weighted by atomic mass is 10.0. The lowest BCUT2D eigenvalue weighted by Crippen LogP contribution is -1.97. The molecule has 0 aliphatic heterocycles. The van der Waals surface area contributed by atoms with Crippen molar-refractivity contribution in [1.29, 1.82) is 0 Å². The molecule has 1 aromatic carbocycles. The molecule has 1 unspecified atom stereocenters. The van der Waals surface area contributed by atoms with Crippen LogP contribution in [0.3, 0.4) is 0 Å². The number of hydrogen-bond donors (Lipinski definition) is 1. The van der Waals surface area contributed by atoms with E-state index in [9.17, 15) is 0 Å². The largest absolute Gasteiger partial charge is 0.760 e. The molecular weight excluding hydrogens is 186 g/mol. The fourth-order valence-electron chi connectivity index (χ4n) is 0.838. The molecule has 4 heteroatoms. The third-order valence-electron chi connectivity index (χ3n) is 1.47. The maximum Gasteiger partial charge on any atom is 0.0152 e. The van der Waals surface area contributed by atoms with Gasteiger partial charge in [0, 0.05) is 11.3 Å². The van der Waals surface area contributed by atoms with Gasteiger partial charge in [-0.2, -0.15) is 0 Å². The zero-order valence-electron chi connectivity index (χ0n) is 7.77. The van der Waals surface area contributed by atoms with E-state index in [2.05, 4.69) is 43.3 Å². The Hall–Kier alpha value is -0.710. The minimum absolute atomic E-state index is 0.659. The van der Waals surface area contributed by atoms with Crippen molar-refractivity contribution in [2.24, 2.45) is 5.14 Å². The van der Waals surface area contributed by atoms with Crippen molar-refractivity contribution in [3.8, 4) is 0 Å². The molecular formula is C9H14NO2S-. The molecule has 0 fully saturated rings. The first-order valence-corrected chi connectivity index (χ1v) is 5.06. The van der Waals surface area contributed by atoms with Gasteiger partial charge in [-0.3, -0.25) is 9.35 Å². The van der Waals surface area contributed by atoms with Crippen LogP contribution in [0.2, 0.25) is 0 Å². The summed E-state index contributed by atoms with van der Waals surface area (Å²) < 4.78 is 17.6. The van der Waals surface area contributed by atoms with Crippen LogP contribution in [-0.4, -0.2) is 8.76 Å². The summed E-state index contributed by atoms with van der Waals surface area (Å²) in [7, 11) is 0. The van der Waals surface area contributed by atoms with E-state index in [1.165, 1.54) is 5.56 Å². The topological polar surface area (TPSA) is 66.2 Å². The molecule has 2 N–H and O–H groups in total. The Kier molecular flexibility index (Phi) is 6.40. The van der Waals surface area contributed by atoms with Crippen LogP contribution in [0.25, 0.3) is 0 Å². The Morgan fingerprint density at radius 3 is 1.92 bits per heavy atom. The molecule has 0 heterocycles. The summed E-state index contributed by atoms with van der Waals surface area (Å²) >= 11 is -2.36. The molecule has 0 bridgehead atoms. The van der Waals surface area contributed by atoms with Gasteiger partial charge in [0.2, 0.25) is 0 Å². The highest BCUT2D eigenvalue weighted by Crippen LogP contribution is 2.11. The van der Waals surface area contributed by atoms with Crippen molar-refractivity contribution in [1.82, 2.24) is 0 Å². The summed E-state index contributed by atoms with van der Waals surface area (Å²) in [6.07, 6.45) is 0. The zero-order chi connectivity index (χ0) is 10.3. The van der Waals surface area contributed by atoms with Gasteiger partial charge in [0.1, 0.15) is 0 Å². The van der Waals surface area contributed by atoms with Crippen molar-refractivity contribution in [2.75, 3.05) is 0 Å². The maximum absolute atomic E-state index is 8.78. The molecule has 0 radical (unpaired) electrons. The van der Waals surface area contributed by atoms with Gasteiger partial charge in [-0.05, 0) is 11.5 Å². The van der Waals surface area contributed by atoms with Crippen molar-refractivity contribution >= 4 is 11.3 Å². The van der Waals surface area contributed by atoms with Crippen LogP contribution in [0.1, 0.15) is 25.3 Å². The second kappa shape index (κ2) is 6.77. The van der Waals surface area contributed by atoms with E-state index >= 15 is 0 Å². The molecule has 0 saturated carbocycles. The highest BCUT2D eigenvalue weighted by atomic mass is 32.2. The van der Waals surface area contributed by atoms with E-state index in [4.69, 9.17) is 8.76 Å². The van der Waals surface area contributed by atoms with Gasteiger partial charge < -0.3 is 4.55 Å². The summed E-state index contributed by atoms with van der Waals surface area (Å²) in [4.78, 5) is 0. The van der Waals surface area contributed by atoms with Crippen molar-refractivity contribution in [2.45, 2.75) is 19.8 Å². The molecule has 0 saturated heterocycles. The van der Waals surface area contributed by atoms with E-state index in [0.29, 0.717) is 5.92 Å². The van der Waals surface area contributed by atoms with Crippen LogP contribution < -0.4 is 5.14 Å². The normalized spacial score (nSPS) is 11.8. The number of hydrogen-bond acceptors (Lipinski definition) is 2. The van der Waals surface area contributed by atoms with Crippen LogP contribution >= 0.6 is 0 Å². The molecule has 1 atom stereocenters. The van der Waals surface area contributed by atoms with Crippen LogP contribution in [0.15, 0.2) is 30.3 Å². The quantitative estimate of drug-likeness (QED) is 0.699. The van der Waals surface area contributed by atoms with Gasteiger partial charge in [-0.15, -0.1) is 0 Å². The second-order valence-electron chi connectivity index (χ2n) is 2.83. The molecule has 0 aliphatic carbocycles. The smallest absolute Gasteiger partial charge is 0.0152 e. The van der Waals surface area contributed by atoms with Gasteiger partial charge >= 0.3 is 0 Å². The van der Waals surface area contributed by atoms with Gasteiger partial charge in [0.15, 0.2) is 0 Å². The highest BCUT2D eigenvalue weighted by Gasteiger charge is 1.93. The second-order valence-corrected chi connectivity index (χ2v) is 3.35. The Morgan fingerprint density at radius 1 is 1.31 bits per heavy atom. The number of nitrogens with two attached hydrogens (primary N) is 1. The highest BCUT2D eigenvalue weighted by molar-refractivity contribution is 7.76. The van der Waals surface area contributed by atoms with Crippen LogP contribution in [0.5, 0.6) is 0 Å².